The van der Waals surface area contributed by atoms with Crippen molar-refractivity contribution < 1.29 is 18.0 Å². The zero-order valence-corrected chi connectivity index (χ0v) is 21.0. The second-order valence-corrected chi connectivity index (χ2v) is 10.1. The summed E-state index contributed by atoms with van der Waals surface area (Å²) in [6.45, 7) is 3.70. The van der Waals surface area contributed by atoms with Gasteiger partial charge >= 0.3 is 6.03 Å². The van der Waals surface area contributed by atoms with Gasteiger partial charge in [0.05, 0.1) is 15.8 Å². The molecule has 0 unspecified atom stereocenters. The number of unbranched alkanes of at least 4 members (excludes halogenated alkanes) is 1. The molecule has 12 heteroatoms. The molecule has 10 nitrogen and oxygen atoms in total. The van der Waals surface area contributed by atoms with Gasteiger partial charge in [-0.2, -0.15) is 0 Å². The topological polar surface area (TPSA) is 139 Å². The average Bonchev–Trinajstić information content (AvgIpc) is 2.77. The smallest absolute Gasteiger partial charge is 0.328 e. The van der Waals surface area contributed by atoms with Crippen LogP contribution >= 0.6 is 15.9 Å². The number of benzene rings is 2. The molecule has 3 amide bonds. The summed E-state index contributed by atoms with van der Waals surface area (Å²) in [5, 5.41) is 5.48. The summed E-state index contributed by atoms with van der Waals surface area (Å²) in [5.74, 6) is -0.0925. The van der Waals surface area contributed by atoms with Crippen LogP contribution in [0.25, 0.3) is 10.9 Å². The minimum absolute atomic E-state index is 0.132. The first kappa shape index (κ1) is 25.4. The van der Waals surface area contributed by atoms with Gasteiger partial charge in [-0.05, 0) is 55.8 Å². The quantitative estimate of drug-likeness (QED) is 0.369. The lowest BCUT2D eigenvalue weighted by molar-refractivity contribution is -0.116. The molecule has 1 aromatic heterocycles. The number of hydrogen-bond donors (Lipinski definition) is 3. The Bertz CT molecular complexity index is 1390. The van der Waals surface area contributed by atoms with E-state index < -0.39 is 22.0 Å². The van der Waals surface area contributed by atoms with E-state index in [2.05, 4.69) is 31.5 Å². The van der Waals surface area contributed by atoms with Crippen LogP contribution in [-0.4, -0.2) is 36.5 Å². The highest BCUT2D eigenvalue weighted by Crippen LogP contribution is 2.17. The third-order valence-corrected chi connectivity index (χ3v) is 6.74. The Labute approximate surface area is 205 Å². The van der Waals surface area contributed by atoms with Gasteiger partial charge in [0.1, 0.15) is 12.4 Å². The van der Waals surface area contributed by atoms with Gasteiger partial charge in [-0.25, -0.2) is 22.9 Å². The first-order chi connectivity index (χ1) is 16.1. The van der Waals surface area contributed by atoms with Crippen molar-refractivity contribution in [3.8, 4) is 0 Å². The zero-order valence-electron chi connectivity index (χ0n) is 18.6. The number of amides is 3. The van der Waals surface area contributed by atoms with E-state index in [1.54, 1.807) is 25.1 Å². The maximum atomic E-state index is 12.8. The number of urea groups is 1. The maximum Gasteiger partial charge on any atom is 0.328 e. The number of fused-ring (bicyclic) bond motifs is 1. The largest absolute Gasteiger partial charge is 0.337 e. The maximum absolute atomic E-state index is 12.8. The summed E-state index contributed by atoms with van der Waals surface area (Å²) in [5.41, 5.74) is 0.522. The molecule has 0 saturated carbocycles. The van der Waals surface area contributed by atoms with Gasteiger partial charge in [-0.3, -0.25) is 14.2 Å². The highest BCUT2D eigenvalue weighted by Gasteiger charge is 2.18. The number of hydrogen-bond acceptors (Lipinski definition) is 6. The molecule has 0 bridgehead atoms. The molecular weight excluding hydrogens is 526 g/mol. The van der Waals surface area contributed by atoms with E-state index in [0.29, 0.717) is 29.0 Å². The fraction of sp³-hybridized carbons (Fsp3) is 0.273. The predicted octanol–water partition coefficient (Wildman–Crippen LogP) is 2.89. The van der Waals surface area contributed by atoms with Crippen LogP contribution in [0.2, 0.25) is 0 Å². The van der Waals surface area contributed by atoms with E-state index in [-0.39, 0.29) is 17.0 Å². The van der Waals surface area contributed by atoms with E-state index >= 15 is 0 Å². The second kappa shape index (κ2) is 10.8. The second-order valence-electron chi connectivity index (χ2n) is 7.50. The molecular formula is C22H24BrN5O5S. The molecule has 34 heavy (non-hydrogen) atoms. The van der Waals surface area contributed by atoms with Crippen LogP contribution in [0.15, 0.2) is 56.6 Å². The lowest BCUT2D eigenvalue weighted by Gasteiger charge is -2.12. The van der Waals surface area contributed by atoms with Gasteiger partial charge in [0, 0.05) is 16.7 Å². The van der Waals surface area contributed by atoms with Crippen molar-refractivity contribution >= 4 is 54.5 Å². The molecule has 0 aliphatic carbocycles. The fourth-order valence-corrected chi connectivity index (χ4v) is 4.44. The van der Waals surface area contributed by atoms with Gasteiger partial charge in [0.2, 0.25) is 5.91 Å². The predicted molar refractivity (Wildman–Crippen MR) is 132 cm³/mol. The Kier molecular flexibility index (Phi) is 8.05. The van der Waals surface area contributed by atoms with Gasteiger partial charge in [0.25, 0.3) is 15.6 Å². The molecule has 3 aromatic rings. The molecule has 0 radical (unpaired) electrons. The van der Waals surface area contributed by atoms with Crippen LogP contribution in [0.4, 0.5) is 10.5 Å². The number of nitrogens with zero attached hydrogens (tertiary/aromatic N) is 2. The first-order valence-electron chi connectivity index (χ1n) is 10.5. The third-order valence-electron chi connectivity index (χ3n) is 4.90. The highest BCUT2D eigenvalue weighted by atomic mass is 79.9. The number of anilines is 1. The minimum atomic E-state index is -4.06. The van der Waals surface area contributed by atoms with Crippen molar-refractivity contribution in [1.82, 2.24) is 19.6 Å². The Morgan fingerprint density at radius 3 is 2.50 bits per heavy atom. The summed E-state index contributed by atoms with van der Waals surface area (Å²) < 4.78 is 28.6. The van der Waals surface area contributed by atoms with E-state index in [9.17, 15) is 22.8 Å². The van der Waals surface area contributed by atoms with Crippen LogP contribution in [0, 0.1) is 6.92 Å². The monoisotopic (exact) mass is 549 g/mol. The summed E-state index contributed by atoms with van der Waals surface area (Å²) in [7, 11) is -4.06. The lowest BCUT2D eigenvalue weighted by Crippen LogP contribution is -2.39. The third kappa shape index (κ3) is 6.20. The number of halogens is 1. The molecule has 0 saturated heterocycles. The van der Waals surface area contributed by atoms with Crippen molar-refractivity contribution in [2.45, 2.75) is 38.1 Å². The number of aryl methyl sites for hydroxylation is 1. The van der Waals surface area contributed by atoms with E-state index in [4.69, 9.17) is 0 Å². The number of carbonyl (C=O) groups is 2. The van der Waals surface area contributed by atoms with Crippen molar-refractivity contribution in [2.75, 3.05) is 11.9 Å². The summed E-state index contributed by atoms with van der Waals surface area (Å²) in [6, 6.07) is 9.67. The SMILES string of the molecule is CCCCNC(=O)NS(=O)(=O)c1ccc(NC(=O)Cn2c(C)nc3ccc(Br)cc3c2=O)cc1. The van der Waals surface area contributed by atoms with Crippen LogP contribution < -0.4 is 20.9 Å². The highest BCUT2D eigenvalue weighted by molar-refractivity contribution is 9.10. The molecule has 0 aliphatic rings. The van der Waals surface area contributed by atoms with Gasteiger partial charge in [-0.15, -0.1) is 0 Å². The van der Waals surface area contributed by atoms with Crippen molar-refractivity contribution in [1.29, 1.82) is 0 Å². The summed E-state index contributed by atoms with van der Waals surface area (Å²) in [4.78, 5) is 41.4. The Morgan fingerprint density at radius 1 is 1.12 bits per heavy atom. The van der Waals surface area contributed by atoms with Crippen molar-refractivity contribution in [2.24, 2.45) is 0 Å². The van der Waals surface area contributed by atoms with Crippen LogP contribution in [0.5, 0.6) is 0 Å². The number of nitrogens with one attached hydrogen (secondary N) is 3. The van der Waals surface area contributed by atoms with Gasteiger partial charge < -0.3 is 10.6 Å². The van der Waals surface area contributed by atoms with E-state index in [1.165, 1.54) is 28.8 Å². The molecule has 3 rings (SSSR count). The molecule has 0 fully saturated rings. The van der Waals surface area contributed by atoms with Crippen molar-refractivity contribution in [3.05, 3.63) is 63.1 Å². The van der Waals surface area contributed by atoms with Gasteiger partial charge in [-0.1, -0.05) is 29.3 Å². The fourth-order valence-electron chi connectivity index (χ4n) is 3.15. The van der Waals surface area contributed by atoms with E-state index in [0.717, 1.165) is 17.3 Å². The summed E-state index contributed by atoms with van der Waals surface area (Å²) in [6.07, 6.45) is 1.60. The normalized spacial score (nSPS) is 11.3. The molecule has 180 valence electrons. The number of sulfonamides is 1. The first-order valence-corrected chi connectivity index (χ1v) is 12.8. The molecule has 0 aliphatic heterocycles. The number of carbonyl (C=O) groups excluding carboxylic acids is 2. The molecule has 1 heterocycles. The lowest BCUT2D eigenvalue weighted by atomic mass is 10.2. The minimum Gasteiger partial charge on any atom is -0.337 e. The van der Waals surface area contributed by atoms with Gasteiger partial charge in [0.15, 0.2) is 0 Å². The Balaban J connectivity index is 1.68. The molecule has 0 atom stereocenters. The number of rotatable bonds is 8. The Morgan fingerprint density at radius 2 is 1.82 bits per heavy atom. The number of aromatic nitrogens is 2. The van der Waals surface area contributed by atoms with Crippen molar-refractivity contribution in [3.63, 3.8) is 0 Å². The zero-order chi connectivity index (χ0) is 24.9. The summed E-state index contributed by atoms with van der Waals surface area (Å²) >= 11 is 3.33. The molecule has 0 spiro atoms. The Hall–Kier alpha value is -3.25. The van der Waals surface area contributed by atoms with Crippen LogP contribution in [0.3, 0.4) is 0 Å². The van der Waals surface area contributed by atoms with E-state index in [1.807, 2.05) is 11.6 Å². The standard InChI is InChI=1S/C22H24BrN5O5S/c1-3-4-11-24-22(31)27-34(32,33)17-8-6-16(7-9-17)26-20(29)13-28-14(2)25-19-10-5-15(23)12-18(19)21(28)30/h5-10,12H,3-4,11,13H2,1-2H3,(H,26,29)(H2,24,27,31). The molecule has 3 N–H and O–H groups in total. The molecule has 2 aromatic carbocycles. The van der Waals surface area contributed by atoms with Crippen LogP contribution in [-0.2, 0) is 21.4 Å². The average molecular weight is 550 g/mol. The van der Waals surface area contributed by atoms with Crippen LogP contribution in [0.1, 0.15) is 25.6 Å².